The lowest BCUT2D eigenvalue weighted by Gasteiger charge is -2.19. The molecule has 2 unspecified atom stereocenters. The largest absolute Gasteiger partial charge is 0.479 e. The number of carbonyl (C=O) groups excluding carboxylic acids is 1. The normalized spacial score (nSPS) is 18.3. The van der Waals surface area contributed by atoms with Crippen LogP contribution in [0.2, 0.25) is 5.02 Å². The molecule has 21 heavy (non-hydrogen) atoms. The summed E-state index contributed by atoms with van der Waals surface area (Å²) in [6.45, 7) is 3.63. The predicted molar refractivity (Wildman–Crippen MR) is 84.5 cm³/mol. The van der Waals surface area contributed by atoms with E-state index in [-0.39, 0.29) is 11.9 Å². The molecule has 0 aromatic heterocycles. The fraction of sp³-hybridized carbons (Fsp3) is 0.562. The van der Waals surface area contributed by atoms with Crippen molar-refractivity contribution in [2.45, 2.75) is 57.7 Å². The van der Waals surface area contributed by atoms with Crippen LogP contribution < -0.4 is 15.8 Å². The summed E-state index contributed by atoms with van der Waals surface area (Å²) in [4.78, 5) is 12.1. The molecule has 5 heteroatoms. The second-order valence-corrected chi connectivity index (χ2v) is 6.14. The minimum atomic E-state index is -0.566. The summed E-state index contributed by atoms with van der Waals surface area (Å²) in [5, 5.41) is 3.50. The zero-order valence-corrected chi connectivity index (χ0v) is 13.3. The molecule has 3 N–H and O–H groups in total. The third-order valence-corrected chi connectivity index (χ3v) is 4.15. The number of rotatable bonds is 5. The SMILES string of the molecule is CC(Oc1ccc(C(C)N)cc1Cl)C(=O)NC1CCCC1. The van der Waals surface area contributed by atoms with Crippen molar-refractivity contribution >= 4 is 17.5 Å². The highest BCUT2D eigenvalue weighted by Gasteiger charge is 2.22. The van der Waals surface area contributed by atoms with E-state index in [2.05, 4.69) is 5.32 Å². The Morgan fingerprint density at radius 3 is 2.62 bits per heavy atom. The molecule has 0 radical (unpaired) electrons. The van der Waals surface area contributed by atoms with Crippen LogP contribution in [0.3, 0.4) is 0 Å². The van der Waals surface area contributed by atoms with Crippen LogP contribution in [0.25, 0.3) is 0 Å². The minimum absolute atomic E-state index is 0.0837. The van der Waals surface area contributed by atoms with E-state index < -0.39 is 6.10 Å². The minimum Gasteiger partial charge on any atom is -0.479 e. The van der Waals surface area contributed by atoms with Gasteiger partial charge < -0.3 is 15.8 Å². The molecule has 1 aromatic rings. The van der Waals surface area contributed by atoms with Gasteiger partial charge in [-0.05, 0) is 44.4 Å². The molecular formula is C16H23ClN2O2. The van der Waals surface area contributed by atoms with Gasteiger partial charge >= 0.3 is 0 Å². The zero-order chi connectivity index (χ0) is 15.4. The van der Waals surface area contributed by atoms with Crippen molar-refractivity contribution < 1.29 is 9.53 Å². The second-order valence-electron chi connectivity index (χ2n) is 5.73. The van der Waals surface area contributed by atoms with Crippen LogP contribution in [-0.4, -0.2) is 18.1 Å². The van der Waals surface area contributed by atoms with Crippen LogP contribution in [0.4, 0.5) is 0 Å². The van der Waals surface area contributed by atoms with Crippen molar-refractivity contribution in [2.24, 2.45) is 5.73 Å². The van der Waals surface area contributed by atoms with Gasteiger partial charge in [-0.25, -0.2) is 0 Å². The van der Waals surface area contributed by atoms with Gasteiger partial charge in [0.2, 0.25) is 0 Å². The maximum absolute atomic E-state index is 12.1. The Morgan fingerprint density at radius 2 is 2.05 bits per heavy atom. The first-order valence-corrected chi connectivity index (χ1v) is 7.87. The number of ether oxygens (including phenoxy) is 1. The summed E-state index contributed by atoms with van der Waals surface area (Å²) >= 11 is 6.18. The lowest BCUT2D eigenvalue weighted by atomic mass is 10.1. The molecule has 1 aromatic carbocycles. The maximum atomic E-state index is 12.1. The molecule has 0 saturated heterocycles. The Hall–Kier alpha value is -1.26. The van der Waals surface area contributed by atoms with Gasteiger partial charge in [-0.1, -0.05) is 30.5 Å². The number of hydrogen-bond acceptors (Lipinski definition) is 3. The van der Waals surface area contributed by atoms with E-state index in [1.54, 1.807) is 19.1 Å². The molecule has 2 atom stereocenters. The number of halogens is 1. The average molecular weight is 311 g/mol. The summed E-state index contributed by atoms with van der Waals surface area (Å²) in [6.07, 6.45) is 3.92. The first kappa shape index (κ1) is 16.1. The zero-order valence-electron chi connectivity index (χ0n) is 12.6. The lowest BCUT2D eigenvalue weighted by molar-refractivity contribution is -0.127. The number of carbonyl (C=O) groups is 1. The monoisotopic (exact) mass is 310 g/mol. The fourth-order valence-electron chi connectivity index (χ4n) is 2.53. The van der Waals surface area contributed by atoms with Gasteiger partial charge in [0.15, 0.2) is 6.10 Å². The summed E-state index contributed by atoms with van der Waals surface area (Å²) in [7, 11) is 0. The van der Waals surface area contributed by atoms with Gasteiger partial charge in [-0.2, -0.15) is 0 Å². The molecule has 0 heterocycles. The van der Waals surface area contributed by atoms with Gasteiger partial charge in [0, 0.05) is 12.1 Å². The summed E-state index contributed by atoms with van der Waals surface area (Å²) in [5.41, 5.74) is 6.75. The topological polar surface area (TPSA) is 64.3 Å². The first-order chi connectivity index (χ1) is 9.97. The van der Waals surface area contributed by atoms with Crippen LogP contribution in [0.15, 0.2) is 18.2 Å². The molecular weight excluding hydrogens is 288 g/mol. The second kappa shape index (κ2) is 7.14. The molecule has 116 valence electrons. The molecule has 1 aliphatic rings. The first-order valence-electron chi connectivity index (χ1n) is 7.49. The smallest absolute Gasteiger partial charge is 0.260 e. The van der Waals surface area contributed by atoms with Crippen LogP contribution in [0.5, 0.6) is 5.75 Å². The molecule has 0 aliphatic heterocycles. The van der Waals surface area contributed by atoms with Crippen LogP contribution in [0, 0.1) is 0 Å². The third kappa shape index (κ3) is 4.35. The molecule has 2 rings (SSSR count). The van der Waals surface area contributed by atoms with E-state index in [0.29, 0.717) is 16.8 Å². The summed E-state index contributed by atoms with van der Waals surface area (Å²) < 4.78 is 5.67. The van der Waals surface area contributed by atoms with Crippen molar-refractivity contribution in [3.63, 3.8) is 0 Å². The third-order valence-electron chi connectivity index (χ3n) is 3.86. The predicted octanol–water partition coefficient (Wildman–Crippen LogP) is 3.19. The van der Waals surface area contributed by atoms with E-state index in [1.165, 1.54) is 12.8 Å². The van der Waals surface area contributed by atoms with Crippen molar-refractivity contribution in [1.82, 2.24) is 5.32 Å². The van der Waals surface area contributed by atoms with E-state index in [9.17, 15) is 4.79 Å². The number of amides is 1. The van der Waals surface area contributed by atoms with E-state index in [1.807, 2.05) is 13.0 Å². The molecule has 0 spiro atoms. The Morgan fingerprint density at radius 1 is 1.38 bits per heavy atom. The van der Waals surface area contributed by atoms with Crippen LogP contribution in [0.1, 0.15) is 51.1 Å². The molecule has 1 saturated carbocycles. The highest BCUT2D eigenvalue weighted by atomic mass is 35.5. The number of hydrogen-bond donors (Lipinski definition) is 2. The van der Waals surface area contributed by atoms with Crippen LogP contribution >= 0.6 is 11.6 Å². The number of nitrogens with one attached hydrogen (secondary N) is 1. The van der Waals surface area contributed by atoms with Crippen molar-refractivity contribution in [3.05, 3.63) is 28.8 Å². The Balaban J connectivity index is 1.95. The fourth-order valence-corrected chi connectivity index (χ4v) is 2.76. The van der Waals surface area contributed by atoms with Gasteiger partial charge in [-0.15, -0.1) is 0 Å². The van der Waals surface area contributed by atoms with Gasteiger partial charge in [0.1, 0.15) is 5.75 Å². The maximum Gasteiger partial charge on any atom is 0.260 e. The highest BCUT2D eigenvalue weighted by Crippen LogP contribution is 2.28. The highest BCUT2D eigenvalue weighted by molar-refractivity contribution is 6.32. The van der Waals surface area contributed by atoms with Gasteiger partial charge in [0.05, 0.1) is 5.02 Å². The Labute approximate surface area is 131 Å². The van der Waals surface area contributed by atoms with Crippen LogP contribution in [-0.2, 0) is 4.79 Å². The number of benzene rings is 1. The Kier molecular flexibility index (Phi) is 5.48. The molecule has 1 amide bonds. The van der Waals surface area contributed by atoms with Gasteiger partial charge in [0.25, 0.3) is 5.91 Å². The average Bonchev–Trinajstić information content (AvgIpc) is 2.93. The van der Waals surface area contributed by atoms with Crippen molar-refractivity contribution in [2.75, 3.05) is 0 Å². The summed E-state index contributed by atoms with van der Waals surface area (Å²) in [5.74, 6) is 0.421. The molecule has 0 bridgehead atoms. The molecule has 4 nitrogen and oxygen atoms in total. The van der Waals surface area contributed by atoms with Crippen molar-refractivity contribution in [1.29, 1.82) is 0 Å². The standard InChI is InChI=1S/C16H23ClN2O2/c1-10(18)12-7-8-15(14(17)9-12)21-11(2)16(20)19-13-5-3-4-6-13/h7-11,13H,3-6,18H2,1-2H3,(H,19,20). The quantitative estimate of drug-likeness (QED) is 0.878. The van der Waals surface area contributed by atoms with Crippen molar-refractivity contribution in [3.8, 4) is 5.75 Å². The van der Waals surface area contributed by atoms with Gasteiger partial charge in [-0.3, -0.25) is 4.79 Å². The molecule has 1 fully saturated rings. The lowest BCUT2D eigenvalue weighted by Crippen LogP contribution is -2.41. The van der Waals surface area contributed by atoms with E-state index in [4.69, 9.17) is 22.1 Å². The number of nitrogens with two attached hydrogens (primary N) is 1. The summed E-state index contributed by atoms with van der Waals surface area (Å²) in [6, 6.07) is 5.62. The van der Waals surface area contributed by atoms with E-state index >= 15 is 0 Å². The Bertz CT molecular complexity index is 499. The molecule has 1 aliphatic carbocycles. The van der Waals surface area contributed by atoms with E-state index in [0.717, 1.165) is 18.4 Å².